The molecule has 142 valence electrons. The molecule has 0 unspecified atom stereocenters. The van der Waals surface area contributed by atoms with Gasteiger partial charge in [0, 0.05) is 23.0 Å². The minimum atomic E-state index is -0.665. The van der Waals surface area contributed by atoms with Crippen molar-refractivity contribution in [3.05, 3.63) is 47.3 Å². The molecule has 0 radical (unpaired) electrons. The van der Waals surface area contributed by atoms with Gasteiger partial charge < -0.3 is 15.4 Å². The highest BCUT2D eigenvalue weighted by Crippen LogP contribution is 2.20. The van der Waals surface area contributed by atoms with Crippen molar-refractivity contribution in [1.29, 1.82) is 0 Å². The number of hydrogen-bond donors (Lipinski definition) is 3. The molecule has 0 bridgehead atoms. The van der Waals surface area contributed by atoms with E-state index in [1.165, 1.54) is 0 Å². The van der Waals surface area contributed by atoms with Crippen molar-refractivity contribution in [2.45, 2.75) is 38.6 Å². The van der Waals surface area contributed by atoms with Crippen LogP contribution in [0.4, 0.5) is 5.69 Å². The van der Waals surface area contributed by atoms with Crippen LogP contribution < -0.4 is 10.6 Å². The molecule has 3 rings (SSSR count). The second-order valence-corrected chi connectivity index (χ2v) is 6.48. The molecule has 2 amide bonds. The van der Waals surface area contributed by atoms with Crippen LogP contribution in [0.5, 0.6) is 0 Å². The summed E-state index contributed by atoms with van der Waals surface area (Å²) in [6, 6.07) is 8.49. The summed E-state index contributed by atoms with van der Waals surface area (Å²) in [5, 5.41) is 12.1. The van der Waals surface area contributed by atoms with Gasteiger partial charge in [0.25, 0.3) is 11.8 Å². The fourth-order valence-electron chi connectivity index (χ4n) is 2.50. The van der Waals surface area contributed by atoms with Crippen LogP contribution in [0, 0.1) is 0 Å². The fraction of sp³-hybridized carbons (Fsp3) is 0.368. The number of nitrogens with one attached hydrogen (secondary N) is 3. The standard InChI is InChI=1S/C19H22N4O4/c1-2-4-15-10-16(23-22-15)19(26)27-11-17(24)20-14-6-3-5-12(9-14)18(25)21-13-7-8-13/h3,5-6,9-10,13H,2,4,7-8,11H2,1H3,(H,20,24)(H,21,25)(H,22,23). The molecule has 1 aliphatic carbocycles. The van der Waals surface area contributed by atoms with E-state index in [0.717, 1.165) is 31.4 Å². The number of benzene rings is 1. The van der Waals surface area contributed by atoms with Crippen molar-refractivity contribution in [3.63, 3.8) is 0 Å². The highest BCUT2D eigenvalue weighted by atomic mass is 16.5. The molecule has 1 heterocycles. The number of esters is 1. The Morgan fingerprint density at radius 2 is 2.07 bits per heavy atom. The number of aryl methyl sites for hydroxylation is 1. The number of carbonyl (C=O) groups is 3. The van der Waals surface area contributed by atoms with Crippen molar-refractivity contribution in [2.24, 2.45) is 0 Å². The minimum Gasteiger partial charge on any atom is -0.451 e. The fourth-order valence-corrected chi connectivity index (χ4v) is 2.50. The molecule has 0 aliphatic heterocycles. The summed E-state index contributed by atoms with van der Waals surface area (Å²) < 4.78 is 4.98. The lowest BCUT2D eigenvalue weighted by atomic mass is 10.2. The molecular formula is C19H22N4O4. The number of amides is 2. The third kappa shape index (κ3) is 5.40. The molecule has 0 saturated heterocycles. The van der Waals surface area contributed by atoms with Crippen molar-refractivity contribution in [1.82, 2.24) is 15.5 Å². The highest BCUT2D eigenvalue weighted by molar-refractivity contribution is 5.98. The zero-order chi connectivity index (χ0) is 19.2. The maximum Gasteiger partial charge on any atom is 0.359 e. The normalized spacial score (nSPS) is 13.1. The number of carbonyl (C=O) groups excluding carboxylic acids is 3. The van der Waals surface area contributed by atoms with Crippen LogP contribution in [0.25, 0.3) is 0 Å². The first-order chi connectivity index (χ1) is 13.0. The van der Waals surface area contributed by atoms with Gasteiger partial charge in [-0.05, 0) is 43.5 Å². The topological polar surface area (TPSA) is 113 Å². The van der Waals surface area contributed by atoms with Crippen molar-refractivity contribution in [2.75, 3.05) is 11.9 Å². The van der Waals surface area contributed by atoms with Crippen LogP contribution in [-0.2, 0) is 16.0 Å². The zero-order valence-electron chi connectivity index (χ0n) is 15.1. The monoisotopic (exact) mass is 370 g/mol. The molecule has 1 aliphatic rings. The lowest BCUT2D eigenvalue weighted by Gasteiger charge is -2.08. The van der Waals surface area contributed by atoms with Crippen molar-refractivity contribution in [3.8, 4) is 0 Å². The molecule has 8 nitrogen and oxygen atoms in total. The first-order valence-corrected chi connectivity index (χ1v) is 8.97. The predicted octanol–water partition coefficient (Wildman–Crippen LogP) is 2.05. The molecule has 1 saturated carbocycles. The molecular weight excluding hydrogens is 348 g/mol. The van der Waals surface area contributed by atoms with Crippen LogP contribution in [0.1, 0.15) is 52.7 Å². The van der Waals surface area contributed by atoms with Gasteiger partial charge in [-0.15, -0.1) is 0 Å². The van der Waals surface area contributed by atoms with Crippen molar-refractivity contribution >= 4 is 23.5 Å². The van der Waals surface area contributed by atoms with E-state index in [0.29, 0.717) is 11.3 Å². The Labute approximate surface area is 156 Å². The predicted molar refractivity (Wildman–Crippen MR) is 98.4 cm³/mol. The third-order valence-corrected chi connectivity index (χ3v) is 4.01. The van der Waals surface area contributed by atoms with Gasteiger partial charge in [0.1, 0.15) is 0 Å². The van der Waals surface area contributed by atoms with Gasteiger partial charge >= 0.3 is 5.97 Å². The maximum absolute atomic E-state index is 12.1. The first kappa shape index (κ1) is 18.6. The molecule has 27 heavy (non-hydrogen) atoms. The number of anilines is 1. The van der Waals surface area contributed by atoms with Gasteiger partial charge in [-0.1, -0.05) is 19.4 Å². The molecule has 1 fully saturated rings. The molecule has 3 N–H and O–H groups in total. The summed E-state index contributed by atoms with van der Waals surface area (Å²) in [6.07, 6.45) is 3.72. The van der Waals surface area contributed by atoms with E-state index in [1.807, 2.05) is 6.92 Å². The number of aromatic nitrogens is 2. The third-order valence-electron chi connectivity index (χ3n) is 4.01. The lowest BCUT2D eigenvalue weighted by molar-refractivity contribution is -0.119. The Morgan fingerprint density at radius 3 is 2.81 bits per heavy atom. The summed E-state index contributed by atoms with van der Waals surface area (Å²) in [5.74, 6) is -1.32. The number of aromatic amines is 1. The van der Waals surface area contributed by atoms with Crippen LogP contribution in [0.3, 0.4) is 0 Å². The smallest absolute Gasteiger partial charge is 0.359 e. The van der Waals surface area contributed by atoms with Crippen LogP contribution >= 0.6 is 0 Å². The van der Waals surface area contributed by atoms with E-state index < -0.39 is 18.5 Å². The number of ether oxygens (including phenoxy) is 1. The van der Waals surface area contributed by atoms with E-state index in [4.69, 9.17) is 4.74 Å². The maximum atomic E-state index is 12.1. The number of H-pyrrole nitrogens is 1. The summed E-state index contributed by atoms with van der Waals surface area (Å²) in [6.45, 7) is 1.58. The van der Waals surface area contributed by atoms with Gasteiger partial charge in [-0.25, -0.2) is 4.79 Å². The van der Waals surface area contributed by atoms with Crippen LogP contribution in [0.2, 0.25) is 0 Å². The molecule has 0 spiro atoms. The second kappa shape index (κ2) is 8.48. The van der Waals surface area contributed by atoms with Gasteiger partial charge in [0.05, 0.1) is 0 Å². The Kier molecular flexibility index (Phi) is 5.85. The van der Waals surface area contributed by atoms with Gasteiger partial charge in [-0.3, -0.25) is 14.7 Å². The Hall–Kier alpha value is -3.16. The Bertz CT molecular complexity index is 842. The van der Waals surface area contributed by atoms with E-state index in [-0.39, 0.29) is 17.6 Å². The van der Waals surface area contributed by atoms with Crippen LogP contribution in [0.15, 0.2) is 30.3 Å². The molecule has 1 aromatic carbocycles. The SMILES string of the molecule is CCCc1cc(C(=O)OCC(=O)Nc2cccc(C(=O)NC3CC3)c2)n[nH]1. The van der Waals surface area contributed by atoms with Gasteiger partial charge in [0.2, 0.25) is 0 Å². The summed E-state index contributed by atoms with van der Waals surface area (Å²) in [5.41, 5.74) is 1.92. The lowest BCUT2D eigenvalue weighted by Crippen LogP contribution is -2.25. The van der Waals surface area contributed by atoms with Crippen LogP contribution in [-0.4, -0.2) is 40.6 Å². The largest absolute Gasteiger partial charge is 0.451 e. The number of nitrogens with zero attached hydrogens (tertiary/aromatic N) is 1. The van der Waals surface area contributed by atoms with Crippen molar-refractivity contribution < 1.29 is 19.1 Å². The highest BCUT2D eigenvalue weighted by Gasteiger charge is 2.23. The Balaban J connectivity index is 1.49. The molecule has 2 aromatic rings. The first-order valence-electron chi connectivity index (χ1n) is 8.97. The average Bonchev–Trinajstić information content (AvgIpc) is 3.35. The quantitative estimate of drug-likeness (QED) is 0.616. The molecule has 0 atom stereocenters. The van der Waals surface area contributed by atoms with E-state index in [1.54, 1.807) is 30.3 Å². The summed E-state index contributed by atoms with van der Waals surface area (Å²) in [4.78, 5) is 36.0. The van der Waals surface area contributed by atoms with E-state index in [2.05, 4.69) is 20.8 Å². The second-order valence-electron chi connectivity index (χ2n) is 6.48. The Morgan fingerprint density at radius 1 is 1.26 bits per heavy atom. The van der Waals surface area contributed by atoms with Gasteiger partial charge in [0.15, 0.2) is 12.3 Å². The average molecular weight is 370 g/mol. The minimum absolute atomic E-state index is 0.144. The van der Waals surface area contributed by atoms with E-state index >= 15 is 0 Å². The molecule has 8 heteroatoms. The summed E-state index contributed by atoms with van der Waals surface area (Å²) >= 11 is 0. The number of hydrogen-bond acceptors (Lipinski definition) is 5. The summed E-state index contributed by atoms with van der Waals surface area (Å²) in [7, 11) is 0. The zero-order valence-corrected chi connectivity index (χ0v) is 15.1. The number of rotatable bonds is 8. The van der Waals surface area contributed by atoms with Gasteiger partial charge in [-0.2, -0.15) is 5.10 Å². The molecule has 1 aromatic heterocycles. The van der Waals surface area contributed by atoms with E-state index in [9.17, 15) is 14.4 Å².